The number of carbonyl (C=O) groups excluding carboxylic acids is 2. The van der Waals surface area contributed by atoms with Crippen LogP contribution in [0.5, 0.6) is 0 Å². The lowest BCUT2D eigenvalue weighted by molar-refractivity contribution is -0.228. The number of benzene rings is 1. The van der Waals surface area contributed by atoms with Gasteiger partial charge in [0, 0.05) is 20.5 Å². The Kier molecular flexibility index (Phi) is 6.09. The average Bonchev–Trinajstić information content (AvgIpc) is 2.56. The monoisotopic (exact) mass is 323 g/mol. The van der Waals surface area contributed by atoms with Crippen LogP contribution in [0.2, 0.25) is 0 Å². The van der Waals surface area contributed by atoms with Crippen molar-refractivity contribution < 1.29 is 28.9 Å². The van der Waals surface area contributed by atoms with Crippen molar-refractivity contribution in [2.45, 2.75) is 37.9 Å². The topological polar surface area (TPSA) is 94.1 Å². The highest BCUT2D eigenvalue weighted by Gasteiger charge is 2.41. The molecule has 1 aliphatic rings. The molecule has 0 radical (unpaired) electrons. The lowest BCUT2D eigenvalue weighted by Gasteiger charge is -2.40. The predicted octanol–water partition coefficient (Wildman–Crippen LogP) is 0.470. The molecule has 7 heteroatoms. The maximum atomic E-state index is 12.3. The first-order valence-electron chi connectivity index (χ1n) is 7.37. The fourth-order valence-corrected chi connectivity index (χ4v) is 2.55. The third-order valence-corrected chi connectivity index (χ3v) is 3.62. The molecule has 0 aliphatic carbocycles. The van der Waals surface area contributed by atoms with Crippen LogP contribution in [-0.4, -0.2) is 55.2 Å². The number of carbonyl (C=O) groups is 2. The Morgan fingerprint density at radius 3 is 2.61 bits per heavy atom. The Morgan fingerprint density at radius 2 is 2.04 bits per heavy atom. The van der Waals surface area contributed by atoms with E-state index in [1.807, 2.05) is 0 Å². The van der Waals surface area contributed by atoms with Gasteiger partial charge in [0.1, 0.15) is 6.10 Å². The smallest absolute Gasteiger partial charge is 0.338 e. The molecule has 2 rings (SSSR count). The molecule has 1 heterocycles. The molecular weight excluding hydrogens is 302 g/mol. The van der Waals surface area contributed by atoms with E-state index in [1.54, 1.807) is 30.3 Å². The molecule has 1 amide bonds. The number of aliphatic hydroxyl groups excluding tert-OH is 1. The van der Waals surface area contributed by atoms with E-state index < -0.39 is 30.5 Å². The van der Waals surface area contributed by atoms with Gasteiger partial charge in [-0.1, -0.05) is 18.2 Å². The summed E-state index contributed by atoms with van der Waals surface area (Å²) in [5.41, 5.74) is 0.389. The van der Waals surface area contributed by atoms with Crippen LogP contribution in [0.25, 0.3) is 0 Å². The molecule has 23 heavy (non-hydrogen) atoms. The number of ether oxygens (including phenoxy) is 3. The molecular formula is C16H21NO6. The lowest BCUT2D eigenvalue weighted by atomic mass is 9.98. The van der Waals surface area contributed by atoms with E-state index in [1.165, 1.54) is 14.0 Å². The van der Waals surface area contributed by atoms with Gasteiger partial charge < -0.3 is 24.6 Å². The van der Waals surface area contributed by atoms with Crippen LogP contribution < -0.4 is 5.32 Å². The van der Waals surface area contributed by atoms with Gasteiger partial charge in [0.2, 0.25) is 5.91 Å². The van der Waals surface area contributed by atoms with Crippen molar-refractivity contribution in [1.29, 1.82) is 0 Å². The molecule has 0 bridgehead atoms. The molecule has 1 fully saturated rings. The number of hydrogen-bond acceptors (Lipinski definition) is 6. The molecule has 0 spiro atoms. The van der Waals surface area contributed by atoms with Gasteiger partial charge >= 0.3 is 5.97 Å². The van der Waals surface area contributed by atoms with Crippen molar-refractivity contribution in [3.63, 3.8) is 0 Å². The SMILES string of the molecule is CO[C@@H]1C[C@H](NC(C)=O)[C@H](OC(=O)c2ccccc2)[C@@H](CO)O1. The van der Waals surface area contributed by atoms with Crippen LogP contribution >= 0.6 is 0 Å². The highest BCUT2D eigenvalue weighted by atomic mass is 16.7. The molecule has 4 atom stereocenters. The van der Waals surface area contributed by atoms with Crippen molar-refractivity contribution in [2.24, 2.45) is 0 Å². The predicted molar refractivity (Wildman–Crippen MR) is 80.6 cm³/mol. The Bertz CT molecular complexity index is 535. The van der Waals surface area contributed by atoms with Gasteiger partial charge in [-0.3, -0.25) is 4.79 Å². The van der Waals surface area contributed by atoms with Crippen LogP contribution in [0.15, 0.2) is 30.3 Å². The third-order valence-electron chi connectivity index (χ3n) is 3.62. The number of methoxy groups -OCH3 is 1. The van der Waals surface area contributed by atoms with Gasteiger partial charge in [0.05, 0.1) is 18.2 Å². The second kappa shape index (κ2) is 8.05. The van der Waals surface area contributed by atoms with E-state index in [-0.39, 0.29) is 12.5 Å². The van der Waals surface area contributed by atoms with E-state index in [0.29, 0.717) is 12.0 Å². The van der Waals surface area contributed by atoms with Crippen molar-refractivity contribution in [3.8, 4) is 0 Å². The van der Waals surface area contributed by atoms with E-state index in [4.69, 9.17) is 14.2 Å². The summed E-state index contributed by atoms with van der Waals surface area (Å²) in [5.74, 6) is -0.798. The van der Waals surface area contributed by atoms with Crippen LogP contribution in [-0.2, 0) is 19.0 Å². The van der Waals surface area contributed by atoms with Crippen LogP contribution in [0, 0.1) is 0 Å². The molecule has 1 aliphatic heterocycles. The van der Waals surface area contributed by atoms with Crippen molar-refractivity contribution in [1.82, 2.24) is 5.32 Å². The normalized spacial score (nSPS) is 27.3. The summed E-state index contributed by atoms with van der Waals surface area (Å²) in [4.78, 5) is 23.7. The van der Waals surface area contributed by atoms with Gasteiger partial charge in [-0.15, -0.1) is 0 Å². The fraction of sp³-hybridized carbons (Fsp3) is 0.500. The summed E-state index contributed by atoms with van der Waals surface area (Å²) in [6.45, 7) is 1.02. The molecule has 0 aromatic heterocycles. The van der Waals surface area contributed by atoms with Gasteiger partial charge in [-0.05, 0) is 12.1 Å². The zero-order chi connectivity index (χ0) is 16.8. The zero-order valence-corrected chi connectivity index (χ0v) is 13.1. The van der Waals surface area contributed by atoms with Crippen molar-refractivity contribution in [3.05, 3.63) is 35.9 Å². The van der Waals surface area contributed by atoms with E-state index in [2.05, 4.69) is 5.32 Å². The van der Waals surface area contributed by atoms with Crippen LogP contribution in [0.3, 0.4) is 0 Å². The minimum Gasteiger partial charge on any atom is -0.454 e. The second-order valence-electron chi connectivity index (χ2n) is 5.30. The van der Waals surface area contributed by atoms with Gasteiger partial charge in [0.25, 0.3) is 0 Å². The molecule has 0 unspecified atom stereocenters. The quantitative estimate of drug-likeness (QED) is 0.765. The highest BCUT2D eigenvalue weighted by molar-refractivity contribution is 5.89. The summed E-state index contributed by atoms with van der Waals surface area (Å²) in [5, 5.41) is 12.3. The number of rotatable bonds is 5. The minimum atomic E-state index is -0.803. The summed E-state index contributed by atoms with van der Waals surface area (Å²) in [7, 11) is 1.47. The maximum Gasteiger partial charge on any atom is 0.338 e. The van der Waals surface area contributed by atoms with Crippen molar-refractivity contribution in [2.75, 3.05) is 13.7 Å². The molecule has 1 aromatic carbocycles. The van der Waals surface area contributed by atoms with Gasteiger partial charge in [-0.25, -0.2) is 4.79 Å². The molecule has 1 saturated heterocycles. The van der Waals surface area contributed by atoms with Crippen molar-refractivity contribution >= 4 is 11.9 Å². The molecule has 7 nitrogen and oxygen atoms in total. The molecule has 2 N–H and O–H groups in total. The Morgan fingerprint density at radius 1 is 1.35 bits per heavy atom. The summed E-state index contributed by atoms with van der Waals surface area (Å²) < 4.78 is 16.2. The van der Waals surface area contributed by atoms with Gasteiger partial charge in [-0.2, -0.15) is 0 Å². The Labute approximate surface area is 134 Å². The summed E-state index contributed by atoms with van der Waals surface area (Å²) in [6.07, 6.45) is -1.85. The third kappa shape index (κ3) is 4.51. The molecule has 126 valence electrons. The van der Waals surface area contributed by atoms with E-state index in [0.717, 1.165) is 0 Å². The Balaban J connectivity index is 2.16. The standard InChI is InChI=1S/C16H21NO6/c1-10(19)17-12-8-14(21-2)22-13(9-18)15(12)23-16(20)11-6-4-3-5-7-11/h3-7,12-15,18H,8-9H2,1-2H3,(H,17,19)/t12-,13+,14-,15-/m0/s1. The average molecular weight is 323 g/mol. The summed E-state index contributed by atoms with van der Waals surface area (Å²) >= 11 is 0. The number of esters is 1. The van der Waals surface area contributed by atoms with Gasteiger partial charge in [0.15, 0.2) is 12.4 Å². The Hall–Kier alpha value is -1.96. The van der Waals surface area contributed by atoms with Crippen LogP contribution in [0.1, 0.15) is 23.7 Å². The maximum absolute atomic E-state index is 12.3. The number of aliphatic hydroxyl groups is 1. The second-order valence-corrected chi connectivity index (χ2v) is 5.30. The minimum absolute atomic E-state index is 0.260. The highest BCUT2D eigenvalue weighted by Crippen LogP contribution is 2.24. The number of nitrogens with one attached hydrogen (secondary N) is 1. The number of amides is 1. The first-order chi connectivity index (χ1) is 11.0. The molecule has 1 aromatic rings. The van der Waals surface area contributed by atoms with Crippen LogP contribution in [0.4, 0.5) is 0 Å². The van der Waals surface area contributed by atoms with E-state index in [9.17, 15) is 14.7 Å². The first-order valence-corrected chi connectivity index (χ1v) is 7.37. The zero-order valence-electron chi connectivity index (χ0n) is 13.1. The number of hydrogen-bond donors (Lipinski definition) is 2. The largest absolute Gasteiger partial charge is 0.454 e. The molecule has 0 saturated carbocycles. The fourth-order valence-electron chi connectivity index (χ4n) is 2.55. The summed E-state index contributed by atoms with van der Waals surface area (Å²) in [6, 6.07) is 8.00. The lowest BCUT2D eigenvalue weighted by Crippen LogP contribution is -2.58. The van der Waals surface area contributed by atoms with E-state index >= 15 is 0 Å². The first kappa shape index (κ1) is 17.4.